The Labute approximate surface area is 405 Å². The van der Waals surface area contributed by atoms with E-state index in [4.69, 9.17) is 4.98 Å². The van der Waals surface area contributed by atoms with Crippen LogP contribution in [0.15, 0.2) is 255 Å². The fourth-order valence-corrected chi connectivity index (χ4v) is 10.4. The van der Waals surface area contributed by atoms with Crippen LogP contribution in [0.5, 0.6) is 0 Å². The first-order chi connectivity index (χ1) is 34.7. The average molecular weight is 891 g/mol. The van der Waals surface area contributed by atoms with E-state index in [1.54, 1.807) is 0 Å². The molecule has 0 atom stereocenters. The summed E-state index contributed by atoms with van der Waals surface area (Å²) in [6.07, 6.45) is 0. The number of aromatic nitrogens is 3. The minimum absolute atomic E-state index is 0.555. The van der Waals surface area contributed by atoms with Gasteiger partial charge in [0, 0.05) is 32.7 Å². The molecule has 326 valence electrons. The fraction of sp³-hybridized carbons (Fsp3) is 0. The van der Waals surface area contributed by atoms with Crippen molar-refractivity contribution in [1.29, 1.82) is 5.26 Å². The molecule has 13 aromatic rings. The van der Waals surface area contributed by atoms with E-state index in [0.29, 0.717) is 5.56 Å². The van der Waals surface area contributed by atoms with Gasteiger partial charge in [0.2, 0.25) is 0 Å². The van der Waals surface area contributed by atoms with Crippen molar-refractivity contribution in [3.8, 4) is 84.5 Å². The van der Waals surface area contributed by atoms with Crippen molar-refractivity contribution in [2.24, 2.45) is 0 Å². The van der Waals surface area contributed by atoms with E-state index < -0.39 is 0 Å². The lowest BCUT2D eigenvalue weighted by Gasteiger charge is -2.18. The van der Waals surface area contributed by atoms with E-state index in [2.05, 4.69) is 252 Å². The standard InChI is InChI=1S/C66H42N4/c67-43-58-65(69-61-33-29-49(44-17-6-1-7-18-44)37-54(61)55-38-50(30-34-62(55)69)45-19-8-2-9-20-45)41-53(60-28-16-27-59(68-60)48-25-14-5-15-26-48)42-66(58)70-63-35-31-51(46-21-10-3-11-22-46)39-56(63)57-40-52(32-36-64(57)70)47-23-12-4-13-24-47/h1-42H. The fourth-order valence-electron chi connectivity index (χ4n) is 10.4. The Hall–Kier alpha value is -9.56. The normalized spacial score (nSPS) is 11.4. The summed E-state index contributed by atoms with van der Waals surface area (Å²) in [6.45, 7) is 0. The maximum atomic E-state index is 11.8. The van der Waals surface area contributed by atoms with Gasteiger partial charge in [-0.05, 0) is 117 Å². The Morgan fingerprint density at radius 3 is 0.886 bits per heavy atom. The van der Waals surface area contributed by atoms with Crippen LogP contribution in [0.1, 0.15) is 5.56 Å². The first kappa shape index (κ1) is 40.7. The van der Waals surface area contributed by atoms with Crippen molar-refractivity contribution in [1.82, 2.24) is 14.1 Å². The average Bonchev–Trinajstić information content (AvgIpc) is 3.95. The predicted molar refractivity (Wildman–Crippen MR) is 290 cm³/mol. The lowest BCUT2D eigenvalue weighted by atomic mass is 10.0. The summed E-state index contributed by atoms with van der Waals surface area (Å²) in [5.41, 5.74) is 18.9. The molecule has 4 heteroatoms. The second-order valence-electron chi connectivity index (χ2n) is 17.8. The number of nitriles is 1. The molecular weight excluding hydrogens is 849 g/mol. The maximum absolute atomic E-state index is 11.8. The highest BCUT2D eigenvalue weighted by Gasteiger charge is 2.24. The van der Waals surface area contributed by atoms with Crippen molar-refractivity contribution < 1.29 is 0 Å². The summed E-state index contributed by atoms with van der Waals surface area (Å²) in [4.78, 5) is 5.34. The van der Waals surface area contributed by atoms with Crippen LogP contribution in [0, 0.1) is 11.3 Å². The van der Waals surface area contributed by atoms with Crippen LogP contribution in [-0.2, 0) is 0 Å². The molecule has 13 rings (SSSR count). The molecule has 3 heterocycles. The van der Waals surface area contributed by atoms with Gasteiger partial charge in [-0.2, -0.15) is 5.26 Å². The van der Waals surface area contributed by atoms with Gasteiger partial charge in [0.1, 0.15) is 11.6 Å². The quantitative estimate of drug-likeness (QED) is 0.153. The Bertz CT molecular complexity index is 3730. The van der Waals surface area contributed by atoms with Gasteiger partial charge in [-0.15, -0.1) is 0 Å². The highest BCUT2D eigenvalue weighted by atomic mass is 15.0. The Kier molecular flexibility index (Phi) is 9.85. The molecule has 0 aliphatic carbocycles. The predicted octanol–water partition coefficient (Wildman–Crippen LogP) is 17.1. The minimum Gasteiger partial charge on any atom is -0.308 e. The smallest absolute Gasteiger partial charge is 0.104 e. The summed E-state index contributed by atoms with van der Waals surface area (Å²) in [5, 5.41) is 16.2. The molecule has 0 saturated carbocycles. The Morgan fingerprint density at radius 1 is 0.271 bits per heavy atom. The largest absolute Gasteiger partial charge is 0.308 e. The van der Waals surface area contributed by atoms with Gasteiger partial charge in [-0.25, -0.2) is 4.98 Å². The van der Waals surface area contributed by atoms with E-state index in [9.17, 15) is 5.26 Å². The van der Waals surface area contributed by atoms with Gasteiger partial charge < -0.3 is 9.13 Å². The number of rotatable bonds is 8. The number of pyridine rings is 1. The van der Waals surface area contributed by atoms with Gasteiger partial charge in [0.15, 0.2) is 0 Å². The van der Waals surface area contributed by atoms with E-state index in [0.717, 1.165) is 122 Å². The molecule has 10 aromatic carbocycles. The molecule has 3 aromatic heterocycles. The molecule has 0 radical (unpaired) electrons. The maximum Gasteiger partial charge on any atom is 0.104 e. The van der Waals surface area contributed by atoms with Crippen LogP contribution in [0.3, 0.4) is 0 Å². The molecular formula is C66H42N4. The van der Waals surface area contributed by atoms with Crippen molar-refractivity contribution >= 4 is 43.6 Å². The van der Waals surface area contributed by atoms with Gasteiger partial charge in [-0.3, -0.25) is 0 Å². The second-order valence-corrected chi connectivity index (χ2v) is 17.8. The summed E-state index contributed by atoms with van der Waals surface area (Å²) in [7, 11) is 0. The van der Waals surface area contributed by atoms with Gasteiger partial charge in [0.05, 0.1) is 44.8 Å². The molecule has 0 amide bonds. The van der Waals surface area contributed by atoms with E-state index in [1.165, 1.54) is 0 Å². The highest BCUT2D eigenvalue weighted by Crippen LogP contribution is 2.43. The molecule has 0 N–H and O–H groups in total. The third kappa shape index (κ3) is 6.96. The molecule has 0 spiro atoms. The minimum atomic E-state index is 0.555. The SMILES string of the molecule is N#Cc1c(-n2c3ccc(-c4ccccc4)cc3c3cc(-c4ccccc4)ccc32)cc(-c2cccc(-c3ccccc3)n2)cc1-n1c2ccc(-c3ccccc3)cc2c2cc(-c3ccccc3)ccc21. The zero-order chi connectivity index (χ0) is 46.5. The van der Waals surface area contributed by atoms with E-state index in [-0.39, 0.29) is 0 Å². The number of nitrogens with zero attached hydrogens (tertiary/aromatic N) is 4. The molecule has 0 fully saturated rings. The molecule has 0 aliphatic heterocycles. The lowest BCUT2D eigenvalue weighted by molar-refractivity contribution is 1.12. The van der Waals surface area contributed by atoms with Crippen molar-refractivity contribution in [2.75, 3.05) is 0 Å². The first-order valence-electron chi connectivity index (χ1n) is 23.7. The van der Waals surface area contributed by atoms with Crippen molar-refractivity contribution in [3.63, 3.8) is 0 Å². The topological polar surface area (TPSA) is 46.5 Å². The number of fused-ring (bicyclic) bond motifs is 6. The number of benzene rings is 10. The summed E-state index contributed by atoms with van der Waals surface area (Å²) >= 11 is 0. The number of hydrogen-bond acceptors (Lipinski definition) is 2. The van der Waals surface area contributed by atoms with E-state index >= 15 is 0 Å². The van der Waals surface area contributed by atoms with Crippen LogP contribution in [0.4, 0.5) is 0 Å². The zero-order valence-electron chi connectivity index (χ0n) is 38.0. The van der Waals surface area contributed by atoms with Gasteiger partial charge in [0.25, 0.3) is 0 Å². The van der Waals surface area contributed by atoms with Crippen LogP contribution >= 0.6 is 0 Å². The van der Waals surface area contributed by atoms with Crippen LogP contribution in [-0.4, -0.2) is 14.1 Å². The third-order valence-corrected chi connectivity index (χ3v) is 13.8. The van der Waals surface area contributed by atoms with Crippen molar-refractivity contribution in [3.05, 3.63) is 260 Å². The summed E-state index contributed by atoms with van der Waals surface area (Å²) in [6, 6.07) is 92.8. The second kappa shape index (κ2) is 16.9. The lowest BCUT2D eigenvalue weighted by Crippen LogP contribution is -2.05. The summed E-state index contributed by atoms with van der Waals surface area (Å²) < 4.78 is 4.60. The van der Waals surface area contributed by atoms with Crippen LogP contribution in [0.25, 0.3) is 122 Å². The molecule has 70 heavy (non-hydrogen) atoms. The van der Waals surface area contributed by atoms with E-state index in [1.807, 2.05) is 18.2 Å². The highest BCUT2D eigenvalue weighted by molar-refractivity contribution is 6.14. The van der Waals surface area contributed by atoms with Gasteiger partial charge >= 0.3 is 0 Å². The Morgan fingerprint density at radius 2 is 0.571 bits per heavy atom. The monoisotopic (exact) mass is 890 g/mol. The third-order valence-electron chi connectivity index (χ3n) is 13.8. The molecule has 0 bridgehead atoms. The molecule has 4 nitrogen and oxygen atoms in total. The van der Waals surface area contributed by atoms with Crippen LogP contribution < -0.4 is 0 Å². The first-order valence-corrected chi connectivity index (χ1v) is 23.7. The Balaban J connectivity index is 1.13. The molecule has 0 aliphatic rings. The van der Waals surface area contributed by atoms with Gasteiger partial charge in [-0.1, -0.05) is 182 Å². The van der Waals surface area contributed by atoms with Crippen molar-refractivity contribution in [2.45, 2.75) is 0 Å². The molecule has 0 unspecified atom stereocenters. The molecule has 0 saturated heterocycles. The van der Waals surface area contributed by atoms with Crippen LogP contribution in [0.2, 0.25) is 0 Å². The summed E-state index contributed by atoms with van der Waals surface area (Å²) in [5.74, 6) is 0. The zero-order valence-corrected chi connectivity index (χ0v) is 38.0. The number of hydrogen-bond donors (Lipinski definition) is 0.